The number of nitrogens with one attached hydrogen (secondary N) is 2. The number of hydrogen-bond acceptors (Lipinski definition) is 5. The Bertz CT molecular complexity index is 865. The third-order valence-electron chi connectivity index (χ3n) is 3.43. The molecular weight excluding hydrogens is 313 g/mol. The zero-order valence-corrected chi connectivity index (χ0v) is 13.4. The molecule has 3 rings (SSSR count). The lowest BCUT2D eigenvalue weighted by Gasteiger charge is -2.16. The number of amides is 1. The van der Waals surface area contributed by atoms with Crippen LogP contribution < -0.4 is 5.32 Å². The van der Waals surface area contributed by atoms with Crippen molar-refractivity contribution in [2.45, 2.75) is 26.2 Å². The second-order valence-electron chi connectivity index (χ2n) is 6.31. The summed E-state index contributed by atoms with van der Waals surface area (Å²) >= 11 is 0. The second-order valence-corrected chi connectivity index (χ2v) is 6.31. The molecule has 1 aromatic carbocycles. The number of hydrogen-bond donors (Lipinski definition) is 2. The Morgan fingerprint density at radius 1 is 1.33 bits per heavy atom. The number of rotatable bonds is 3. The summed E-state index contributed by atoms with van der Waals surface area (Å²) in [5.41, 5.74) is 1.02. The van der Waals surface area contributed by atoms with E-state index in [9.17, 15) is 9.18 Å². The Hall–Kier alpha value is -3.03. The molecule has 1 amide bonds. The number of benzene rings is 1. The quantitative estimate of drug-likeness (QED) is 0.769. The molecule has 2 N–H and O–H groups in total. The summed E-state index contributed by atoms with van der Waals surface area (Å²) in [6.07, 6.45) is 2.60. The minimum absolute atomic E-state index is 0.0596. The highest BCUT2D eigenvalue weighted by Crippen LogP contribution is 2.26. The minimum atomic E-state index is -0.578. The van der Waals surface area contributed by atoms with Gasteiger partial charge in [0.25, 0.3) is 5.91 Å². The lowest BCUT2D eigenvalue weighted by atomic mass is 9.89. The van der Waals surface area contributed by atoms with Crippen LogP contribution in [0.4, 0.5) is 10.1 Å². The fourth-order valence-corrected chi connectivity index (χ4v) is 2.24. The van der Waals surface area contributed by atoms with Gasteiger partial charge in [0.2, 0.25) is 0 Å². The molecule has 0 aliphatic carbocycles. The summed E-state index contributed by atoms with van der Waals surface area (Å²) in [6.45, 7) is 5.73. The molecule has 0 unspecified atom stereocenters. The first-order valence-electron chi connectivity index (χ1n) is 7.28. The molecule has 0 fully saturated rings. The van der Waals surface area contributed by atoms with Gasteiger partial charge in [0.05, 0.1) is 5.69 Å². The predicted molar refractivity (Wildman–Crippen MR) is 84.9 cm³/mol. The van der Waals surface area contributed by atoms with Crippen molar-refractivity contribution in [3.05, 3.63) is 47.9 Å². The number of halogens is 1. The third-order valence-corrected chi connectivity index (χ3v) is 3.43. The Morgan fingerprint density at radius 2 is 2.12 bits per heavy atom. The average Bonchev–Trinajstić information content (AvgIpc) is 3.20. The standard InChI is InChI=1S/C16H16FN5O2/c1-16(2,3)13-10(7-24-22-13)15(23)20-12-5-4-9(6-11(12)17)14-18-8-19-21-14/h4-8H,1-3H3,(H,20,23)(H,18,19,21). The molecule has 0 aliphatic rings. The normalized spacial score (nSPS) is 11.5. The van der Waals surface area contributed by atoms with Crippen LogP contribution in [0.15, 0.2) is 35.3 Å². The van der Waals surface area contributed by atoms with Crippen LogP contribution in [-0.4, -0.2) is 26.2 Å². The fraction of sp³-hybridized carbons (Fsp3) is 0.250. The van der Waals surface area contributed by atoms with E-state index in [1.54, 1.807) is 6.07 Å². The molecule has 0 aliphatic heterocycles. The van der Waals surface area contributed by atoms with Crippen molar-refractivity contribution in [1.29, 1.82) is 0 Å². The summed E-state index contributed by atoms with van der Waals surface area (Å²) in [5.74, 6) is -0.612. The van der Waals surface area contributed by atoms with Crippen molar-refractivity contribution in [1.82, 2.24) is 20.3 Å². The summed E-state index contributed by atoms with van der Waals surface area (Å²) < 4.78 is 19.2. The van der Waals surface area contributed by atoms with Crippen molar-refractivity contribution >= 4 is 11.6 Å². The van der Waals surface area contributed by atoms with Crippen molar-refractivity contribution in [2.24, 2.45) is 0 Å². The Balaban J connectivity index is 1.84. The zero-order chi connectivity index (χ0) is 17.3. The van der Waals surface area contributed by atoms with Gasteiger partial charge in [-0.2, -0.15) is 5.10 Å². The molecule has 0 saturated carbocycles. The second kappa shape index (κ2) is 5.88. The van der Waals surface area contributed by atoms with Gasteiger partial charge in [-0.15, -0.1) is 0 Å². The Labute approximate surface area is 137 Å². The van der Waals surface area contributed by atoms with Crippen LogP contribution in [0.25, 0.3) is 11.4 Å². The van der Waals surface area contributed by atoms with E-state index in [0.717, 1.165) is 0 Å². The molecule has 2 heterocycles. The maximum atomic E-state index is 14.3. The van der Waals surface area contributed by atoms with E-state index in [1.807, 2.05) is 20.8 Å². The van der Waals surface area contributed by atoms with E-state index >= 15 is 0 Å². The molecule has 124 valence electrons. The van der Waals surface area contributed by atoms with Crippen LogP contribution in [0.3, 0.4) is 0 Å². The molecule has 24 heavy (non-hydrogen) atoms. The first kappa shape index (κ1) is 15.9. The molecule has 0 atom stereocenters. The number of nitrogens with zero attached hydrogens (tertiary/aromatic N) is 3. The maximum absolute atomic E-state index is 14.3. The van der Waals surface area contributed by atoms with Gasteiger partial charge in [0.15, 0.2) is 5.82 Å². The van der Waals surface area contributed by atoms with Crippen molar-refractivity contribution in [3.63, 3.8) is 0 Å². The molecular formula is C16H16FN5O2. The molecule has 3 aromatic rings. The molecule has 0 radical (unpaired) electrons. The van der Waals surface area contributed by atoms with Gasteiger partial charge >= 0.3 is 0 Å². The van der Waals surface area contributed by atoms with Crippen LogP contribution >= 0.6 is 0 Å². The molecule has 0 bridgehead atoms. The van der Waals surface area contributed by atoms with E-state index in [-0.39, 0.29) is 16.7 Å². The Kier molecular flexibility index (Phi) is 3.88. The number of aromatic amines is 1. The minimum Gasteiger partial charge on any atom is -0.364 e. The topological polar surface area (TPSA) is 96.7 Å². The number of aromatic nitrogens is 4. The first-order chi connectivity index (χ1) is 11.4. The SMILES string of the molecule is CC(C)(C)c1nocc1C(=O)Nc1ccc(-c2ncn[nH]2)cc1F. The van der Waals surface area contributed by atoms with Crippen LogP contribution in [-0.2, 0) is 5.41 Å². The van der Waals surface area contributed by atoms with E-state index < -0.39 is 11.7 Å². The summed E-state index contributed by atoms with van der Waals surface area (Å²) in [6, 6.07) is 4.38. The van der Waals surface area contributed by atoms with Crippen molar-refractivity contribution in [3.8, 4) is 11.4 Å². The summed E-state index contributed by atoms with van der Waals surface area (Å²) in [5, 5.41) is 12.8. The van der Waals surface area contributed by atoms with E-state index in [4.69, 9.17) is 4.52 Å². The van der Waals surface area contributed by atoms with E-state index in [2.05, 4.69) is 25.7 Å². The van der Waals surface area contributed by atoms with Crippen LogP contribution in [0.2, 0.25) is 0 Å². The van der Waals surface area contributed by atoms with Gasteiger partial charge in [0, 0.05) is 11.0 Å². The Morgan fingerprint density at radius 3 is 2.75 bits per heavy atom. The number of H-pyrrole nitrogens is 1. The van der Waals surface area contributed by atoms with Gasteiger partial charge < -0.3 is 9.84 Å². The largest absolute Gasteiger partial charge is 0.364 e. The van der Waals surface area contributed by atoms with Crippen molar-refractivity contribution in [2.75, 3.05) is 5.32 Å². The van der Waals surface area contributed by atoms with Crippen LogP contribution in [0.1, 0.15) is 36.8 Å². The molecule has 0 saturated heterocycles. The number of carbonyl (C=O) groups excluding carboxylic acids is 1. The predicted octanol–water partition coefficient (Wildman–Crippen LogP) is 3.15. The highest BCUT2D eigenvalue weighted by atomic mass is 19.1. The van der Waals surface area contributed by atoms with Gasteiger partial charge in [-0.1, -0.05) is 25.9 Å². The number of anilines is 1. The average molecular weight is 329 g/mol. The fourth-order valence-electron chi connectivity index (χ4n) is 2.24. The van der Waals surface area contributed by atoms with E-state index in [0.29, 0.717) is 17.1 Å². The lowest BCUT2D eigenvalue weighted by Crippen LogP contribution is -2.20. The van der Waals surface area contributed by atoms with Gasteiger partial charge in [-0.25, -0.2) is 9.37 Å². The number of carbonyl (C=O) groups is 1. The third kappa shape index (κ3) is 3.03. The molecule has 7 nitrogen and oxygen atoms in total. The highest BCUT2D eigenvalue weighted by Gasteiger charge is 2.26. The van der Waals surface area contributed by atoms with Gasteiger partial charge in [-0.3, -0.25) is 9.89 Å². The van der Waals surface area contributed by atoms with Crippen LogP contribution in [0.5, 0.6) is 0 Å². The maximum Gasteiger partial charge on any atom is 0.261 e. The van der Waals surface area contributed by atoms with Crippen molar-refractivity contribution < 1.29 is 13.7 Å². The van der Waals surface area contributed by atoms with Gasteiger partial charge in [-0.05, 0) is 18.2 Å². The van der Waals surface area contributed by atoms with Crippen LogP contribution in [0, 0.1) is 5.82 Å². The smallest absolute Gasteiger partial charge is 0.261 e. The molecule has 2 aromatic heterocycles. The zero-order valence-electron chi connectivity index (χ0n) is 13.4. The monoisotopic (exact) mass is 329 g/mol. The van der Waals surface area contributed by atoms with E-state index in [1.165, 1.54) is 24.7 Å². The molecule has 0 spiro atoms. The van der Waals surface area contributed by atoms with Gasteiger partial charge in [0.1, 0.15) is 29.7 Å². The molecule has 8 heteroatoms. The first-order valence-corrected chi connectivity index (χ1v) is 7.28. The summed E-state index contributed by atoms with van der Waals surface area (Å²) in [4.78, 5) is 16.4. The highest BCUT2D eigenvalue weighted by molar-refractivity contribution is 6.05. The summed E-state index contributed by atoms with van der Waals surface area (Å²) in [7, 11) is 0. The lowest BCUT2D eigenvalue weighted by molar-refractivity contribution is 0.102.